The van der Waals surface area contributed by atoms with Crippen molar-refractivity contribution in [3.63, 3.8) is 0 Å². The van der Waals surface area contributed by atoms with Crippen molar-refractivity contribution in [3.8, 4) is 0 Å². The van der Waals surface area contributed by atoms with E-state index in [0.717, 1.165) is 0 Å². The van der Waals surface area contributed by atoms with Crippen molar-refractivity contribution in [1.82, 2.24) is 19.1 Å². The summed E-state index contributed by atoms with van der Waals surface area (Å²) in [7, 11) is 1.49. The third-order valence-electron chi connectivity index (χ3n) is 4.04. The van der Waals surface area contributed by atoms with Crippen molar-refractivity contribution in [2.75, 3.05) is 5.43 Å². The molecule has 0 saturated carbocycles. The molecule has 2 N–H and O–H groups in total. The van der Waals surface area contributed by atoms with Gasteiger partial charge in [0.1, 0.15) is 0 Å². The first-order chi connectivity index (χ1) is 13.8. The molecule has 2 aromatic heterocycles. The number of hydrogen-bond donors (Lipinski definition) is 2. The van der Waals surface area contributed by atoms with Crippen LogP contribution in [0.5, 0.6) is 0 Å². The van der Waals surface area contributed by atoms with Crippen LogP contribution >= 0.6 is 11.6 Å². The van der Waals surface area contributed by atoms with E-state index >= 15 is 0 Å². The molecule has 0 radical (unpaired) electrons. The maximum Gasteiger partial charge on any atom is 0.329 e. The Hall–Kier alpha value is -3.73. The van der Waals surface area contributed by atoms with E-state index in [-0.39, 0.29) is 29.3 Å². The molecule has 0 saturated heterocycles. The Labute approximate surface area is 168 Å². The van der Waals surface area contributed by atoms with Gasteiger partial charge >= 0.3 is 5.69 Å². The molecule has 29 heavy (non-hydrogen) atoms. The number of imidazole rings is 1. The Morgan fingerprint density at radius 1 is 1.38 bits per heavy atom. The number of H-pyrrole nitrogens is 1. The number of nitro groups is 1. The van der Waals surface area contributed by atoms with E-state index in [1.165, 1.54) is 34.5 Å². The third kappa shape index (κ3) is 4.24. The van der Waals surface area contributed by atoms with Crippen LogP contribution in [0.2, 0.25) is 0 Å². The largest absolute Gasteiger partial charge is 0.329 e. The van der Waals surface area contributed by atoms with Gasteiger partial charge in [0, 0.05) is 30.8 Å². The molecule has 0 atom stereocenters. The zero-order valence-electron chi connectivity index (χ0n) is 15.4. The van der Waals surface area contributed by atoms with Crippen molar-refractivity contribution >= 4 is 40.6 Å². The maximum absolute atomic E-state index is 12.3. The first-order valence-corrected chi connectivity index (χ1v) is 8.71. The molecule has 11 nitrogen and oxygen atoms in total. The molecule has 3 aromatic rings. The number of aromatic amines is 1. The number of aromatic nitrogens is 4. The van der Waals surface area contributed by atoms with Gasteiger partial charge in [-0.2, -0.15) is 10.1 Å². The number of hydrogen-bond acceptors (Lipinski definition) is 7. The van der Waals surface area contributed by atoms with Gasteiger partial charge in [-0.05, 0) is 24.6 Å². The molecule has 0 spiro atoms. The molecule has 0 aliphatic rings. The zero-order valence-corrected chi connectivity index (χ0v) is 16.2. The highest BCUT2D eigenvalue weighted by molar-refractivity contribution is 6.29. The summed E-state index contributed by atoms with van der Waals surface area (Å²) < 4.78 is 2.75. The standard InChI is InChI=1S/C17H16ClN7O4/c1-10(18)7-8-24-13-14(23(2)17(27)21-15(13)26)20-16(24)22-19-9-11-3-5-12(6-4-11)25(28)29/h3-7,9H,8H2,1-2H3,(H,20,22)(H,21,26,27)/b10-7+,19-9+. The summed E-state index contributed by atoms with van der Waals surface area (Å²) in [6.45, 7) is 1.92. The lowest BCUT2D eigenvalue weighted by Gasteiger charge is -2.05. The monoisotopic (exact) mass is 417 g/mol. The average Bonchev–Trinajstić information content (AvgIpc) is 3.04. The third-order valence-corrected chi connectivity index (χ3v) is 4.20. The normalized spacial score (nSPS) is 12.0. The average molecular weight is 418 g/mol. The fraction of sp³-hybridized carbons (Fsp3) is 0.176. The Morgan fingerprint density at radius 2 is 2.07 bits per heavy atom. The summed E-state index contributed by atoms with van der Waals surface area (Å²) in [5.41, 5.74) is 2.53. The number of aryl methyl sites for hydroxylation is 1. The van der Waals surface area contributed by atoms with Gasteiger partial charge in [0.25, 0.3) is 11.2 Å². The highest BCUT2D eigenvalue weighted by atomic mass is 35.5. The minimum atomic E-state index is -0.586. The zero-order chi connectivity index (χ0) is 21.1. The number of benzene rings is 1. The molecule has 1 aromatic carbocycles. The van der Waals surface area contributed by atoms with Crippen LogP contribution in [0.3, 0.4) is 0 Å². The second-order valence-electron chi connectivity index (χ2n) is 6.05. The Morgan fingerprint density at radius 3 is 2.69 bits per heavy atom. The van der Waals surface area contributed by atoms with E-state index in [4.69, 9.17) is 11.6 Å². The van der Waals surface area contributed by atoms with E-state index in [2.05, 4.69) is 20.5 Å². The van der Waals surface area contributed by atoms with E-state index < -0.39 is 16.2 Å². The van der Waals surface area contributed by atoms with Crippen LogP contribution in [0.25, 0.3) is 11.2 Å². The summed E-state index contributed by atoms with van der Waals surface area (Å²) in [4.78, 5) is 40.9. The molecule has 0 bridgehead atoms. The number of halogens is 1. The van der Waals surface area contributed by atoms with Gasteiger partial charge in [-0.15, -0.1) is 0 Å². The second-order valence-corrected chi connectivity index (χ2v) is 6.64. The van der Waals surface area contributed by atoms with Crippen LogP contribution in [0.1, 0.15) is 12.5 Å². The second kappa shape index (κ2) is 8.10. The topological polar surface area (TPSA) is 140 Å². The lowest BCUT2D eigenvalue weighted by atomic mass is 10.2. The molecule has 0 fully saturated rings. The number of anilines is 1. The summed E-state index contributed by atoms with van der Waals surface area (Å²) in [6.07, 6.45) is 3.12. The molecule has 3 rings (SSSR count). The molecule has 12 heteroatoms. The molecule has 0 unspecified atom stereocenters. The van der Waals surface area contributed by atoms with Crippen LogP contribution in [0.15, 0.2) is 50.1 Å². The molecular formula is C17H16ClN7O4. The number of hydrazone groups is 1. The maximum atomic E-state index is 12.3. The summed E-state index contributed by atoms with van der Waals surface area (Å²) >= 11 is 5.90. The Kier molecular flexibility index (Phi) is 5.59. The lowest BCUT2D eigenvalue weighted by Crippen LogP contribution is -2.29. The minimum absolute atomic E-state index is 0.0275. The minimum Gasteiger partial charge on any atom is -0.299 e. The SMILES string of the molecule is C/C(Cl)=C\Cn1c(N/N=C/c2ccc([N+](=O)[O-])cc2)nc2c1c(=O)[nH]c(=O)n2C. The van der Waals surface area contributed by atoms with Crippen molar-refractivity contribution in [1.29, 1.82) is 0 Å². The van der Waals surface area contributed by atoms with Crippen molar-refractivity contribution in [2.24, 2.45) is 12.1 Å². The van der Waals surface area contributed by atoms with Gasteiger partial charge in [-0.1, -0.05) is 17.7 Å². The molecule has 150 valence electrons. The van der Waals surface area contributed by atoms with Crippen LogP contribution < -0.4 is 16.7 Å². The highest BCUT2D eigenvalue weighted by Gasteiger charge is 2.16. The van der Waals surface area contributed by atoms with Gasteiger partial charge in [-0.3, -0.25) is 29.0 Å². The number of rotatable bonds is 6. The predicted octanol–water partition coefficient (Wildman–Crippen LogP) is 1.92. The number of non-ortho nitro benzene ring substituents is 1. The van der Waals surface area contributed by atoms with Crippen molar-refractivity contribution < 1.29 is 4.92 Å². The lowest BCUT2D eigenvalue weighted by molar-refractivity contribution is -0.384. The summed E-state index contributed by atoms with van der Waals surface area (Å²) in [5.74, 6) is 0.221. The van der Waals surface area contributed by atoms with Crippen LogP contribution in [0.4, 0.5) is 11.6 Å². The number of fused-ring (bicyclic) bond motifs is 1. The number of nitrogens with zero attached hydrogens (tertiary/aromatic N) is 5. The van der Waals surface area contributed by atoms with Gasteiger partial charge in [0.2, 0.25) is 5.95 Å². The fourth-order valence-electron chi connectivity index (χ4n) is 2.56. The van der Waals surface area contributed by atoms with Gasteiger partial charge in [0.15, 0.2) is 11.2 Å². The fourth-order valence-corrected chi connectivity index (χ4v) is 2.63. The van der Waals surface area contributed by atoms with E-state index in [1.807, 2.05) is 0 Å². The quantitative estimate of drug-likeness (QED) is 0.356. The Bertz CT molecular complexity index is 1250. The van der Waals surface area contributed by atoms with Crippen molar-refractivity contribution in [3.05, 3.63) is 71.9 Å². The van der Waals surface area contributed by atoms with Gasteiger partial charge in [0.05, 0.1) is 11.1 Å². The van der Waals surface area contributed by atoms with E-state index in [9.17, 15) is 19.7 Å². The molecule has 0 aliphatic carbocycles. The van der Waals surface area contributed by atoms with E-state index in [1.54, 1.807) is 25.1 Å². The van der Waals surface area contributed by atoms with Crippen LogP contribution in [-0.4, -0.2) is 30.2 Å². The van der Waals surface area contributed by atoms with Crippen molar-refractivity contribution in [2.45, 2.75) is 13.5 Å². The highest BCUT2D eigenvalue weighted by Crippen LogP contribution is 2.16. The number of nitro benzene ring substituents is 1. The van der Waals surface area contributed by atoms with Gasteiger partial charge in [-0.25, -0.2) is 10.2 Å². The summed E-state index contributed by atoms with van der Waals surface area (Å²) in [6, 6.07) is 5.81. The van der Waals surface area contributed by atoms with Gasteiger partial charge < -0.3 is 0 Å². The summed E-state index contributed by atoms with van der Waals surface area (Å²) in [5, 5.41) is 15.3. The molecule has 2 heterocycles. The van der Waals surface area contributed by atoms with Crippen LogP contribution in [0, 0.1) is 10.1 Å². The molecular weight excluding hydrogens is 402 g/mol. The number of nitrogens with one attached hydrogen (secondary N) is 2. The predicted molar refractivity (Wildman–Crippen MR) is 110 cm³/mol. The molecule has 0 aliphatic heterocycles. The Balaban J connectivity index is 1.98. The molecule has 0 amide bonds. The van der Waals surface area contributed by atoms with E-state index in [0.29, 0.717) is 10.6 Å². The first kappa shape index (κ1) is 20.0. The smallest absolute Gasteiger partial charge is 0.299 e. The van der Waals surface area contributed by atoms with Crippen LogP contribution in [-0.2, 0) is 13.6 Å². The first-order valence-electron chi connectivity index (χ1n) is 8.33. The number of allylic oxidation sites excluding steroid dienone is 2.